The molecule has 0 aliphatic carbocycles. The van der Waals surface area contributed by atoms with E-state index in [1.165, 1.54) is 231 Å². The van der Waals surface area contributed by atoms with Crippen LogP contribution >= 0.6 is 0 Å². The van der Waals surface area contributed by atoms with Gasteiger partial charge in [0.25, 0.3) is 0 Å². The number of ether oxygens (including phenoxy) is 3. The second kappa shape index (κ2) is 71.1. The number of hydrogen-bond acceptors (Lipinski definition) is 6. The molecule has 0 N–H and O–H groups in total. The third kappa shape index (κ3) is 69.3. The molecule has 83 heavy (non-hydrogen) atoms. The highest BCUT2D eigenvalue weighted by Gasteiger charge is 2.19. The Hall–Kier alpha value is -3.41. The lowest BCUT2D eigenvalue weighted by molar-refractivity contribution is -0.167. The Labute approximate surface area is 515 Å². The molecule has 0 aliphatic rings. The third-order valence-electron chi connectivity index (χ3n) is 15.8. The standard InChI is InChI=1S/C77H136O6/c1-4-7-10-13-16-19-22-25-28-31-32-33-34-35-36-37-38-39-40-41-42-43-44-47-49-52-55-58-61-64-67-70-76(79)82-73-74(83-77(80)71-68-65-62-59-56-53-50-46-30-27-24-21-18-15-12-9-6-3)72-81-75(78)69-66-63-60-57-54-51-48-45-29-26-23-20-17-14-11-8-5-2/h17-18,20-22,25-27,29-32,34-35,74H,4-16,19,23-24,28,33,36-73H2,1-3H3/b20-17-,21-18-,25-22-,29-26-,30-27-,32-31-,35-34-. The molecular formula is C77H136O6. The Morgan fingerprint density at radius 3 is 0.699 bits per heavy atom. The molecular weight excluding hydrogens is 1020 g/mol. The lowest BCUT2D eigenvalue weighted by atomic mass is 10.0. The summed E-state index contributed by atoms with van der Waals surface area (Å²) in [5.41, 5.74) is 0. The molecule has 0 bridgehead atoms. The first-order chi connectivity index (χ1) is 41.0. The molecule has 0 saturated carbocycles. The van der Waals surface area contributed by atoms with Gasteiger partial charge in [-0.05, 0) is 122 Å². The highest BCUT2D eigenvalue weighted by Crippen LogP contribution is 2.17. The van der Waals surface area contributed by atoms with Gasteiger partial charge in [0.2, 0.25) is 0 Å². The van der Waals surface area contributed by atoms with Gasteiger partial charge in [-0.3, -0.25) is 14.4 Å². The topological polar surface area (TPSA) is 78.9 Å². The van der Waals surface area contributed by atoms with Crippen molar-refractivity contribution >= 4 is 17.9 Å². The third-order valence-corrected chi connectivity index (χ3v) is 15.8. The summed E-state index contributed by atoms with van der Waals surface area (Å²) in [6.45, 7) is 6.61. The lowest BCUT2D eigenvalue weighted by Crippen LogP contribution is -2.30. The fourth-order valence-electron chi connectivity index (χ4n) is 10.4. The first-order valence-electron chi connectivity index (χ1n) is 36.1. The van der Waals surface area contributed by atoms with Crippen molar-refractivity contribution in [3.8, 4) is 0 Å². The summed E-state index contributed by atoms with van der Waals surface area (Å²) < 4.78 is 17.0. The molecule has 0 aromatic rings. The van der Waals surface area contributed by atoms with Gasteiger partial charge in [-0.1, -0.05) is 311 Å². The molecule has 0 aliphatic heterocycles. The number of carbonyl (C=O) groups excluding carboxylic acids is 3. The summed E-state index contributed by atoms with van der Waals surface area (Å²) in [6.07, 6.45) is 94.7. The van der Waals surface area contributed by atoms with E-state index in [4.69, 9.17) is 14.2 Å². The van der Waals surface area contributed by atoms with Crippen LogP contribution in [0.3, 0.4) is 0 Å². The Balaban J connectivity index is 4.25. The van der Waals surface area contributed by atoms with E-state index in [-0.39, 0.29) is 31.1 Å². The van der Waals surface area contributed by atoms with Gasteiger partial charge >= 0.3 is 17.9 Å². The number of allylic oxidation sites excluding steroid dienone is 14. The van der Waals surface area contributed by atoms with Gasteiger partial charge in [-0.15, -0.1) is 0 Å². The van der Waals surface area contributed by atoms with E-state index in [0.717, 1.165) is 96.3 Å². The van der Waals surface area contributed by atoms with Crippen LogP contribution in [0.4, 0.5) is 0 Å². The van der Waals surface area contributed by atoms with E-state index < -0.39 is 6.10 Å². The van der Waals surface area contributed by atoms with Crippen molar-refractivity contribution in [2.75, 3.05) is 13.2 Å². The van der Waals surface area contributed by atoms with Gasteiger partial charge < -0.3 is 14.2 Å². The quantitative estimate of drug-likeness (QED) is 0.0261. The summed E-state index contributed by atoms with van der Waals surface area (Å²) in [6, 6.07) is 0. The minimum absolute atomic E-state index is 0.0798. The minimum Gasteiger partial charge on any atom is -0.462 e. The lowest BCUT2D eigenvalue weighted by Gasteiger charge is -2.18. The van der Waals surface area contributed by atoms with Gasteiger partial charge in [-0.25, -0.2) is 0 Å². The molecule has 480 valence electrons. The zero-order chi connectivity index (χ0) is 59.9. The predicted molar refractivity (Wildman–Crippen MR) is 362 cm³/mol. The Bertz CT molecular complexity index is 1570. The summed E-state index contributed by atoms with van der Waals surface area (Å²) in [5.74, 6) is -0.877. The molecule has 0 spiro atoms. The highest BCUT2D eigenvalue weighted by molar-refractivity contribution is 5.71. The molecule has 6 nitrogen and oxygen atoms in total. The van der Waals surface area contributed by atoms with Crippen molar-refractivity contribution in [2.24, 2.45) is 0 Å². The summed E-state index contributed by atoms with van der Waals surface area (Å²) in [4.78, 5) is 38.5. The number of carbonyl (C=O) groups is 3. The van der Waals surface area contributed by atoms with E-state index in [9.17, 15) is 14.4 Å². The Kier molecular flexibility index (Phi) is 68.2. The van der Waals surface area contributed by atoms with Crippen molar-refractivity contribution < 1.29 is 28.6 Å². The number of hydrogen-bond donors (Lipinski definition) is 0. The van der Waals surface area contributed by atoms with Crippen LogP contribution in [-0.2, 0) is 28.6 Å². The molecule has 6 heteroatoms. The fourth-order valence-corrected chi connectivity index (χ4v) is 10.4. The molecule has 0 amide bonds. The first kappa shape index (κ1) is 79.6. The Morgan fingerprint density at radius 2 is 0.434 bits per heavy atom. The Morgan fingerprint density at radius 1 is 0.241 bits per heavy atom. The van der Waals surface area contributed by atoms with Crippen LogP contribution in [0.15, 0.2) is 85.1 Å². The van der Waals surface area contributed by atoms with Crippen molar-refractivity contribution in [1.29, 1.82) is 0 Å². The zero-order valence-corrected chi connectivity index (χ0v) is 55.2. The molecule has 0 fully saturated rings. The SMILES string of the molecule is CCCCC/C=C\C/C=C\CCCCCCCCCC(=O)OCC(COC(=O)CCCCCCCCCCCCCCCCCC/C=C\C/C=C\C/C=C\CCCCCCC)OC(=O)CCCCCCCCC/C=C\C/C=C\CCCCC. The normalized spacial score (nSPS) is 12.6. The molecule has 0 aromatic carbocycles. The number of rotatable bonds is 66. The smallest absolute Gasteiger partial charge is 0.306 e. The molecule has 0 radical (unpaired) electrons. The first-order valence-corrected chi connectivity index (χ1v) is 36.1. The van der Waals surface area contributed by atoms with Crippen LogP contribution in [0, 0.1) is 0 Å². The van der Waals surface area contributed by atoms with E-state index in [0.29, 0.717) is 19.3 Å². The van der Waals surface area contributed by atoms with Crippen LogP contribution < -0.4 is 0 Å². The molecule has 0 aromatic heterocycles. The van der Waals surface area contributed by atoms with E-state index in [2.05, 4.69) is 106 Å². The predicted octanol–water partition coefficient (Wildman–Crippen LogP) is 25.0. The van der Waals surface area contributed by atoms with Gasteiger partial charge in [-0.2, -0.15) is 0 Å². The van der Waals surface area contributed by atoms with Crippen molar-refractivity contribution in [1.82, 2.24) is 0 Å². The molecule has 0 heterocycles. The minimum atomic E-state index is -0.785. The highest BCUT2D eigenvalue weighted by atomic mass is 16.6. The van der Waals surface area contributed by atoms with Gasteiger partial charge in [0.05, 0.1) is 0 Å². The van der Waals surface area contributed by atoms with E-state index in [1.54, 1.807) is 0 Å². The second-order valence-corrected chi connectivity index (χ2v) is 24.1. The van der Waals surface area contributed by atoms with Crippen LogP contribution in [0.25, 0.3) is 0 Å². The summed E-state index contributed by atoms with van der Waals surface area (Å²) >= 11 is 0. The van der Waals surface area contributed by atoms with Crippen LogP contribution in [0.1, 0.15) is 367 Å². The van der Waals surface area contributed by atoms with Crippen LogP contribution in [0.5, 0.6) is 0 Å². The van der Waals surface area contributed by atoms with Crippen LogP contribution in [-0.4, -0.2) is 37.2 Å². The van der Waals surface area contributed by atoms with E-state index >= 15 is 0 Å². The molecule has 1 unspecified atom stereocenters. The van der Waals surface area contributed by atoms with Gasteiger partial charge in [0.1, 0.15) is 13.2 Å². The molecule has 1 atom stereocenters. The van der Waals surface area contributed by atoms with Gasteiger partial charge in [0, 0.05) is 19.3 Å². The fraction of sp³-hybridized carbons (Fsp3) is 0.779. The van der Waals surface area contributed by atoms with E-state index in [1.807, 2.05) is 0 Å². The zero-order valence-electron chi connectivity index (χ0n) is 55.2. The summed E-state index contributed by atoms with van der Waals surface area (Å²) in [7, 11) is 0. The average Bonchev–Trinajstić information content (AvgIpc) is 3.50. The molecule has 0 saturated heterocycles. The van der Waals surface area contributed by atoms with Crippen molar-refractivity contribution in [3.63, 3.8) is 0 Å². The maximum absolute atomic E-state index is 12.9. The maximum Gasteiger partial charge on any atom is 0.306 e. The number of esters is 3. The maximum atomic E-state index is 12.9. The summed E-state index contributed by atoms with van der Waals surface area (Å²) in [5, 5.41) is 0. The second-order valence-electron chi connectivity index (χ2n) is 24.1. The van der Waals surface area contributed by atoms with Crippen molar-refractivity contribution in [2.45, 2.75) is 374 Å². The molecule has 0 rings (SSSR count). The van der Waals surface area contributed by atoms with Crippen LogP contribution in [0.2, 0.25) is 0 Å². The monoisotopic (exact) mass is 1160 g/mol. The number of unbranched alkanes of at least 4 members (excludes halogenated alkanes) is 41. The largest absolute Gasteiger partial charge is 0.462 e. The van der Waals surface area contributed by atoms with Crippen molar-refractivity contribution in [3.05, 3.63) is 85.1 Å². The average molecular weight is 1160 g/mol. The van der Waals surface area contributed by atoms with Gasteiger partial charge in [0.15, 0.2) is 6.10 Å².